The molecule has 0 aliphatic carbocycles. The van der Waals surface area contributed by atoms with Crippen LogP contribution in [-0.2, 0) is 4.74 Å². The topological polar surface area (TPSA) is 94.6 Å². The van der Waals surface area contributed by atoms with Gasteiger partial charge in [0.15, 0.2) is 23.1 Å². The lowest BCUT2D eigenvalue weighted by Crippen LogP contribution is -2.15. The number of aromatic nitrogens is 2. The van der Waals surface area contributed by atoms with E-state index in [2.05, 4.69) is 20.8 Å². The molecule has 0 saturated carbocycles. The number of carbonyl (C=O) groups is 1. The van der Waals surface area contributed by atoms with E-state index in [9.17, 15) is 4.79 Å². The summed E-state index contributed by atoms with van der Waals surface area (Å²) in [6.45, 7) is 3.11. The van der Waals surface area contributed by atoms with Crippen molar-refractivity contribution in [2.24, 2.45) is 0 Å². The lowest BCUT2D eigenvalue weighted by atomic mass is 10.2. The molecule has 0 atom stereocenters. The van der Waals surface area contributed by atoms with Crippen LogP contribution >= 0.6 is 0 Å². The summed E-state index contributed by atoms with van der Waals surface area (Å²) in [4.78, 5) is 11.3. The molecular weight excluding hydrogens is 300 g/mol. The fourth-order valence-electron chi connectivity index (χ4n) is 2.01. The van der Waals surface area contributed by atoms with Gasteiger partial charge in [0.2, 0.25) is 0 Å². The van der Waals surface area contributed by atoms with Gasteiger partial charge in [0.05, 0.1) is 6.61 Å². The highest BCUT2D eigenvalue weighted by Crippen LogP contribution is 2.33. The molecule has 0 radical (unpaired) electrons. The molecule has 0 saturated heterocycles. The number of hydrogen-bond donors (Lipinski definition) is 2. The second-order valence-electron chi connectivity index (χ2n) is 4.63. The number of rotatable bonds is 4. The summed E-state index contributed by atoms with van der Waals surface area (Å²) in [7, 11) is 0. The van der Waals surface area contributed by atoms with Crippen LogP contribution in [0.1, 0.15) is 6.92 Å². The van der Waals surface area contributed by atoms with Crippen molar-refractivity contribution in [2.45, 2.75) is 6.92 Å². The minimum Gasteiger partial charge on any atom is -0.486 e. The van der Waals surface area contributed by atoms with Gasteiger partial charge in [-0.2, -0.15) is 0 Å². The Morgan fingerprint density at radius 1 is 1.13 bits per heavy atom. The molecule has 2 heterocycles. The van der Waals surface area contributed by atoms with Crippen molar-refractivity contribution >= 4 is 23.4 Å². The van der Waals surface area contributed by atoms with E-state index < -0.39 is 6.09 Å². The molecule has 2 aromatic rings. The minimum atomic E-state index is -0.561. The van der Waals surface area contributed by atoms with Gasteiger partial charge in [-0.25, -0.2) is 4.79 Å². The van der Waals surface area contributed by atoms with Gasteiger partial charge in [-0.05, 0) is 31.2 Å². The van der Waals surface area contributed by atoms with E-state index in [1.54, 1.807) is 19.1 Å². The van der Waals surface area contributed by atoms with Crippen LogP contribution in [0.25, 0.3) is 0 Å². The summed E-state index contributed by atoms with van der Waals surface area (Å²) in [5.74, 6) is 2.27. The summed E-state index contributed by atoms with van der Waals surface area (Å²) in [6, 6.07) is 8.86. The average Bonchev–Trinajstić information content (AvgIpc) is 2.57. The second kappa shape index (κ2) is 6.82. The van der Waals surface area contributed by atoms with Crippen LogP contribution in [0, 0.1) is 0 Å². The van der Waals surface area contributed by atoms with Crippen LogP contribution in [0.2, 0.25) is 0 Å². The van der Waals surface area contributed by atoms with Crippen molar-refractivity contribution in [3.05, 3.63) is 30.3 Å². The first-order valence-corrected chi connectivity index (χ1v) is 7.19. The molecule has 1 aliphatic heterocycles. The molecule has 1 amide bonds. The van der Waals surface area contributed by atoms with Crippen LogP contribution in [0.15, 0.2) is 30.3 Å². The summed E-state index contributed by atoms with van der Waals surface area (Å²) >= 11 is 0. The van der Waals surface area contributed by atoms with Crippen LogP contribution in [0.3, 0.4) is 0 Å². The zero-order valence-corrected chi connectivity index (χ0v) is 12.5. The molecule has 1 aromatic carbocycles. The van der Waals surface area contributed by atoms with Gasteiger partial charge in [-0.15, -0.1) is 10.2 Å². The Bertz CT molecular complexity index is 690. The van der Waals surface area contributed by atoms with Crippen molar-refractivity contribution in [3.8, 4) is 11.5 Å². The maximum Gasteiger partial charge on any atom is 0.412 e. The first kappa shape index (κ1) is 14.9. The number of amides is 1. The van der Waals surface area contributed by atoms with Gasteiger partial charge in [0, 0.05) is 11.8 Å². The lowest BCUT2D eigenvalue weighted by Gasteiger charge is -2.19. The van der Waals surface area contributed by atoms with Crippen LogP contribution in [-0.4, -0.2) is 36.1 Å². The molecule has 0 fully saturated rings. The molecule has 8 heteroatoms. The Hall–Kier alpha value is -3.03. The maximum absolute atomic E-state index is 11.3. The number of nitrogens with one attached hydrogen (secondary N) is 2. The predicted molar refractivity (Wildman–Crippen MR) is 83.4 cm³/mol. The van der Waals surface area contributed by atoms with E-state index in [0.29, 0.717) is 37.2 Å². The van der Waals surface area contributed by atoms with Crippen LogP contribution in [0.4, 0.5) is 22.1 Å². The SMILES string of the molecule is CCOC(=O)Nc1ccc(Nc2ccc3c(c2)OCCO3)nn1. The van der Waals surface area contributed by atoms with E-state index in [4.69, 9.17) is 14.2 Å². The molecular formula is C15H16N4O4. The molecule has 1 aliphatic rings. The number of nitrogens with zero attached hydrogens (tertiary/aromatic N) is 2. The van der Waals surface area contributed by atoms with Crippen molar-refractivity contribution in [3.63, 3.8) is 0 Å². The van der Waals surface area contributed by atoms with E-state index in [1.807, 2.05) is 18.2 Å². The number of fused-ring (bicyclic) bond motifs is 1. The molecule has 2 N–H and O–H groups in total. The van der Waals surface area contributed by atoms with Crippen LogP contribution < -0.4 is 20.1 Å². The lowest BCUT2D eigenvalue weighted by molar-refractivity contribution is 0.168. The minimum absolute atomic E-state index is 0.295. The second-order valence-corrected chi connectivity index (χ2v) is 4.63. The Kier molecular flexibility index (Phi) is 4.41. The molecule has 120 valence electrons. The third-order valence-electron chi connectivity index (χ3n) is 2.98. The summed E-state index contributed by atoms with van der Waals surface area (Å²) in [6.07, 6.45) is -0.561. The first-order chi connectivity index (χ1) is 11.2. The first-order valence-electron chi connectivity index (χ1n) is 7.19. The van der Waals surface area contributed by atoms with Gasteiger partial charge in [0.25, 0.3) is 0 Å². The number of carbonyl (C=O) groups excluding carboxylic acids is 1. The summed E-state index contributed by atoms with van der Waals surface area (Å²) in [5.41, 5.74) is 0.801. The standard InChI is InChI=1S/C15H16N4O4/c1-2-21-15(20)17-14-6-5-13(18-19-14)16-10-3-4-11-12(9-10)23-8-7-22-11/h3-6,9H,2,7-8H2,1H3,(H,16,18)(H,17,19,20). The number of hydrogen-bond acceptors (Lipinski definition) is 7. The van der Waals surface area contributed by atoms with E-state index in [0.717, 1.165) is 11.4 Å². The van der Waals surface area contributed by atoms with E-state index >= 15 is 0 Å². The number of ether oxygens (including phenoxy) is 3. The average molecular weight is 316 g/mol. The fourth-order valence-corrected chi connectivity index (χ4v) is 2.01. The molecule has 1 aromatic heterocycles. The third kappa shape index (κ3) is 3.79. The molecule has 8 nitrogen and oxygen atoms in total. The van der Waals surface area contributed by atoms with Crippen molar-refractivity contribution in [1.29, 1.82) is 0 Å². The van der Waals surface area contributed by atoms with Gasteiger partial charge >= 0.3 is 6.09 Å². The van der Waals surface area contributed by atoms with E-state index in [1.165, 1.54) is 0 Å². The van der Waals surface area contributed by atoms with Crippen molar-refractivity contribution in [1.82, 2.24) is 10.2 Å². The van der Waals surface area contributed by atoms with E-state index in [-0.39, 0.29) is 0 Å². The molecule has 23 heavy (non-hydrogen) atoms. The Labute approximate surface area is 132 Å². The highest BCUT2D eigenvalue weighted by atomic mass is 16.6. The summed E-state index contributed by atoms with van der Waals surface area (Å²) < 4.78 is 15.8. The Morgan fingerprint density at radius 3 is 2.61 bits per heavy atom. The Balaban J connectivity index is 1.65. The normalized spacial score (nSPS) is 12.4. The zero-order chi connectivity index (χ0) is 16.1. The fraction of sp³-hybridized carbons (Fsp3) is 0.267. The maximum atomic E-state index is 11.3. The molecule has 0 unspecified atom stereocenters. The predicted octanol–water partition coefficient (Wildman–Crippen LogP) is 2.56. The third-order valence-corrected chi connectivity index (χ3v) is 2.98. The van der Waals surface area contributed by atoms with Crippen LogP contribution in [0.5, 0.6) is 11.5 Å². The quantitative estimate of drug-likeness (QED) is 0.895. The van der Waals surface area contributed by atoms with Crippen molar-refractivity contribution in [2.75, 3.05) is 30.5 Å². The Morgan fingerprint density at radius 2 is 1.87 bits per heavy atom. The highest BCUT2D eigenvalue weighted by Gasteiger charge is 2.12. The highest BCUT2D eigenvalue weighted by molar-refractivity contribution is 5.83. The number of anilines is 3. The summed E-state index contributed by atoms with van der Waals surface area (Å²) in [5, 5.41) is 13.5. The molecule has 0 spiro atoms. The number of benzene rings is 1. The van der Waals surface area contributed by atoms with Gasteiger partial charge in [0.1, 0.15) is 13.2 Å². The smallest absolute Gasteiger partial charge is 0.412 e. The largest absolute Gasteiger partial charge is 0.486 e. The molecule has 3 rings (SSSR count). The van der Waals surface area contributed by atoms with Gasteiger partial charge < -0.3 is 19.5 Å². The monoisotopic (exact) mass is 316 g/mol. The van der Waals surface area contributed by atoms with Gasteiger partial charge in [-0.1, -0.05) is 0 Å². The van der Waals surface area contributed by atoms with Crippen molar-refractivity contribution < 1.29 is 19.0 Å². The van der Waals surface area contributed by atoms with Gasteiger partial charge in [-0.3, -0.25) is 5.32 Å². The zero-order valence-electron chi connectivity index (χ0n) is 12.5. The molecule has 0 bridgehead atoms.